The van der Waals surface area contributed by atoms with Gasteiger partial charge < -0.3 is 18.9 Å². The number of benzene rings is 2. The Morgan fingerprint density at radius 2 is 1.75 bits per heavy atom. The molecule has 0 saturated heterocycles. The van der Waals surface area contributed by atoms with Gasteiger partial charge in [0.15, 0.2) is 18.1 Å². The summed E-state index contributed by atoms with van der Waals surface area (Å²) in [5.41, 5.74) is -1.21. The molecule has 0 fully saturated rings. The number of hydrogen-bond donors (Lipinski definition) is 0. The van der Waals surface area contributed by atoms with Crippen LogP contribution < -0.4 is 14.2 Å². The number of carbonyl (C=O) groups is 2. The van der Waals surface area contributed by atoms with Gasteiger partial charge in [0, 0.05) is 11.6 Å². The fourth-order valence-corrected chi connectivity index (χ4v) is 2.43. The highest BCUT2D eigenvalue weighted by Gasteiger charge is 2.33. The van der Waals surface area contributed by atoms with Crippen LogP contribution in [0.4, 0.5) is 10.1 Å². The molecular formula is C18H16FNO8. The maximum Gasteiger partial charge on any atom is 0.345 e. The lowest BCUT2D eigenvalue weighted by Crippen LogP contribution is -2.16. The second-order valence-electron chi connectivity index (χ2n) is 5.31. The summed E-state index contributed by atoms with van der Waals surface area (Å²) in [6.45, 7) is -0.740. The number of esters is 1. The highest BCUT2D eigenvalue weighted by atomic mass is 19.1. The Hall–Kier alpha value is -3.69. The molecule has 0 amide bonds. The predicted molar refractivity (Wildman–Crippen MR) is 93.8 cm³/mol. The molecule has 9 nitrogen and oxygen atoms in total. The topological polar surface area (TPSA) is 114 Å². The van der Waals surface area contributed by atoms with Gasteiger partial charge in [-0.1, -0.05) is 12.1 Å². The molecule has 2 aromatic rings. The van der Waals surface area contributed by atoms with Gasteiger partial charge in [0.1, 0.15) is 11.4 Å². The van der Waals surface area contributed by atoms with E-state index in [4.69, 9.17) is 18.9 Å². The molecule has 10 heteroatoms. The van der Waals surface area contributed by atoms with E-state index in [1.807, 2.05) is 0 Å². The van der Waals surface area contributed by atoms with Crippen molar-refractivity contribution in [2.45, 2.75) is 0 Å². The first-order chi connectivity index (χ1) is 13.3. The molecule has 0 heterocycles. The molecule has 0 atom stereocenters. The van der Waals surface area contributed by atoms with Gasteiger partial charge in [-0.05, 0) is 12.1 Å². The number of methoxy groups -OCH3 is 3. The SMILES string of the molecule is COc1cc(C(=O)OCC(=O)c2cccc(F)c2)c([N+](=O)[O-])c(OC)c1OC. The maximum atomic E-state index is 13.2. The fraction of sp³-hybridized carbons (Fsp3) is 0.222. The van der Waals surface area contributed by atoms with Crippen LogP contribution >= 0.6 is 0 Å². The average Bonchev–Trinajstić information content (AvgIpc) is 2.69. The van der Waals surface area contributed by atoms with Crippen molar-refractivity contribution in [3.05, 3.63) is 57.4 Å². The molecule has 0 aliphatic rings. The number of ketones is 1. The van der Waals surface area contributed by atoms with Crippen molar-refractivity contribution >= 4 is 17.4 Å². The summed E-state index contributed by atoms with van der Waals surface area (Å²) >= 11 is 0. The minimum atomic E-state index is -1.16. The van der Waals surface area contributed by atoms with Crippen molar-refractivity contribution < 1.29 is 37.9 Å². The van der Waals surface area contributed by atoms with Crippen molar-refractivity contribution in [1.82, 2.24) is 0 Å². The van der Waals surface area contributed by atoms with E-state index in [9.17, 15) is 24.1 Å². The van der Waals surface area contributed by atoms with Crippen LogP contribution in [0.15, 0.2) is 30.3 Å². The Morgan fingerprint density at radius 1 is 1.07 bits per heavy atom. The second-order valence-corrected chi connectivity index (χ2v) is 5.31. The molecular weight excluding hydrogens is 377 g/mol. The van der Waals surface area contributed by atoms with E-state index in [1.54, 1.807) is 0 Å². The molecule has 0 aliphatic heterocycles. The Balaban J connectivity index is 2.36. The molecule has 148 valence electrons. The van der Waals surface area contributed by atoms with Crippen LogP contribution in [0.1, 0.15) is 20.7 Å². The Bertz CT molecular complexity index is 928. The molecule has 0 bridgehead atoms. The van der Waals surface area contributed by atoms with Crippen molar-refractivity contribution in [2.24, 2.45) is 0 Å². The van der Waals surface area contributed by atoms with Gasteiger partial charge in [-0.3, -0.25) is 14.9 Å². The highest BCUT2D eigenvalue weighted by Crippen LogP contribution is 2.46. The molecule has 0 aromatic heterocycles. The predicted octanol–water partition coefficient (Wildman–Crippen LogP) is 2.80. The normalized spacial score (nSPS) is 10.1. The van der Waals surface area contributed by atoms with Crippen molar-refractivity contribution in [3.63, 3.8) is 0 Å². The molecule has 0 N–H and O–H groups in total. The summed E-state index contributed by atoms with van der Waals surface area (Å²) in [4.78, 5) is 35.1. The Morgan fingerprint density at radius 3 is 2.29 bits per heavy atom. The van der Waals surface area contributed by atoms with E-state index in [1.165, 1.54) is 26.4 Å². The molecule has 0 spiro atoms. The van der Waals surface area contributed by atoms with Crippen LogP contribution in [-0.2, 0) is 4.74 Å². The highest BCUT2D eigenvalue weighted by molar-refractivity contribution is 6.01. The van der Waals surface area contributed by atoms with Gasteiger partial charge in [-0.25, -0.2) is 9.18 Å². The van der Waals surface area contributed by atoms with Gasteiger partial charge in [0.05, 0.1) is 26.3 Å². The summed E-state index contributed by atoms with van der Waals surface area (Å²) in [5, 5.41) is 11.5. The lowest BCUT2D eigenvalue weighted by atomic mass is 10.1. The van der Waals surface area contributed by atoms with Crippen molar-refractivity contribution in [2.75, 3.05) is 27.9 Å². The van der Waals surface area contributed by atoms with Gasteiger partial charge in [0.25, 0.3) is 0 Å². The molecule has 2 aromatic carbocycles. The zero-order valence-corrected chi connectivity index (χ0v) is 15.2. The summed E-state index contributed by atoms with van der Waals surface area (Å²) in [7, 11) is 3.68. The number of nitro groups is 1. The van der Waals surface area contributed by atoms with Crippen LogP contribution in [0.5, 0.6) is 17.2 Å². The van der Waals surface area contributed by atoms with Gasteiger partial charge in [-0.15, -0.1) is 0 Å². The molecule has 0 unspecified atom stereocenters. The largest absolute Gasteiger partial charge is 0.493 e. The third kappa shape index (κ3) is 4.17. The number of nitro benzene ring substituents is 1. The van der Waals surface area contributed by atoms with Crippen LogP contribution in [0.25, 0.3) is 0 Å². The number of hydrogen-bond acceptors (Lipinski definition) is 8. The van der Waals surface area contributed by atoms with Crippen LogP contribution in [0.2, 0.25) is 0 Å². The van der Waals surface area contributed by atoms with Gasteiger partial charge >= 0.3 is 11.7 Å². The monoisotopic (exact) mass is 393 g/mol. The van der Waals surface area contributed by atoms with E-state index in [-0.39, 0.29) is 22.8 Å². The average molecular weight is 393 g/mol. The number of nitrogens with zero attached hydrogens (tertiary/aromatic N) is 1. The second kappa shape index (κ2) is 8.80. The zero-order valence-electron chi connectivity index (χ0n) is 15.2. The number of halogens is 1. The number of carbonyl (C=O) groups excluding carboxylic acids is 2. The standard InChI is InChI=1S/C18H16FNO8/c1-25-14-8-12(15(20(23)24)17(27-3)16(14)26-2)18(22)28-9-13(21)10-5-4-6-11(19)7-10/h4-8H,9H2,1-3H3. The quantitative estimate of drug-likeness (QED) is 0.291. The van der Waals surface area contributed by atoms with Crippen LogP contribution in [0.3, 0.4) is 0 Å². The van der Waals surface area contributed by atoms with Gasteiger partial charge in [0.2, 0.25) is 11.5 Å². The molecule has 28 heavy (non-hydrogen) atoms. The molecule has 0 saturated carbocycles. The minimum absolute atomic E-state index is 0.00615. The van der Waals surface area contributed by atoms with E-state index in [2.05, 4.69) is 0 Å². The first kappa shape index (κ1) is 20.6. The maximum absolute atomic E-state index is 13.2. The molecule has 0 aliphatic carbocycles. The van der Waals surface area contributed by atoms with Crippen LogP contribution in [0, 0.1) is 15.9 Å². The third-order valence-electron chi connectivity index (χ3n) is 3.69. The Kier molecular flexibility index (Phi) is 6.48. The lowest BCUT2D eigenvalue weighted by Gasteiger charge is -2.14. The van der Waals surface area contributed by atoms with E-state index >= 15 is 0 Å². The molecule has 2 rings (SSSR count). The third-order valence-corrected chi connectivity index (χ3v) is 3.69. The van der Waals surface area contributed by atoms with E-state index < -0.39 is 40.4 Å². The summed E-state index contributed by atoms with van der Waals surface area (Å²) in [6.07, 6.45) is 0. The van der Waals surface area contributed by atoms with E-state index in [0.717, 1.165) is 25.3 Å². The lowest BCUT2D eigenvalue weighted by molar-refractivity contribution is -0.386. The first-order valence-electron chi connectivity index (χ1n) is 7.77. The van der Waals surface area contributed by atoms with Crippen LogP contribution in [-0.4, -0.2) is 44.6 Å². The van der Waals surface area contributed by atoms with Crippen molar-refractivity contribution in [3.8, 4) is 17.2 Å². The smallest absolute Gasteiger partial charge is 0.345 e. The van der Waals surface area contributed by atoms with Crippen molar-refractivity contribution in [1.29, 1.82) is 0 Å². The number of Topliss-reactive ketones (excluding diaryl/α,β-unsaturated/α-hetero) is 1. The fourth-order valence-electron chi connectivity index (χ4n) is 2.43. The number of ether oxygens (including phenoxy) is 4. The zero-order chi connectivity index (χ0) is 20.8. The molecule has 0 radical (unpaired) electrons. The summed E-state index contributed by atoms with van der Waals surface area (Å²) in [5.74, 6) is -2.89. The number of rotatable bonds is 8. The van der Waals surface area contributed by atoms with E-state index in [0.29, 0.717) is 0 Å². The Labute approximate surface area is 158 Å². The first-order valence-corrected chi connectivity index (χ1v) is 7.77. The summed E-state index contributed by atoms with van der Waals surface area (Å²) < 4.78 is 33.2. The van der Waals surface area contributed by atoms with Gasteiger partial charge in [-0.2, -0.15) is 0 Å². The minimum Gasteiger partial charge on any atom is -0.493 e. The summed E-state index contributed by atoms with van der Waals surface area (Å²) in [6, 6.07) is 5.87.